The number of rotatable bonds is 4. The van der Waals surface area contributed by atoms with E-state index < -0.39 is 0 Å². The van der Waals surface area contributed by atoms with Crippen molar-refractivity contribution >= 4 is 28.2 Å². The second-order valence-electron chi connectivity index (χ2n) is 7.63. The number of anilines is 1. The van der Waals surface area contributed by atoms with Crippen molar-refractivity contribution < 1.29 is 9.64 Å². The van der Waals surface area contributed by atoms with Gasteiger partial charge in [-0.3, -0.25) is 0 Å². The highest BCUT2D eigenvalue weighted by Crippen LogP contribution is 2.25. The number of hydrogen-bond acceptors (Lipinski definition) is 3. The van der Waals surface area contributed by atoms with E-state index in [9.17, 15) is 0 Å². The minimum absolute atomic E-state index is 0.643. The normalized spacial score (nSPS) is 15.2. The molecule has 1 aliphatic heterocycles. The summed E-state index contributed by atoms with van der Waals surface area (Å²) in [5, 5.41) is 1.82. The Hall–Kier alpha value is -2.30. The third kappa shape index (κ3) is 3.80. The molecule has 0 saturated carbocycles. The first-order valence-corrected chi connectivity index (χ1v) is 10.2. The van der Waals surface area contributed by atoms with E-state index in [-0.39, 0.29) is 0 Å². The van der Waals surface area contributed by atoms with Crippen molar-refractivity contribution in [1.82, 2.24) is 4.98 Å². The van der Waals surface area contributed by atoms with Crippen LogP contribution in [0.5, 0.6) is 5.75 Å². The number of benzene rings is 2. The fraction of sp³-hybridized carbons (Fsp3) is 0.348. The van der Waals surface area contributed by atoms with Crippen molar-refractivity contribution in [3.63, 3.8) is 0 Å². The maximum Gasteiger partial charge on any atom is 0.138 e. The molecule has 1 N–H and O–H groups in total. The van der Waals surface area contributed by atoms with Crippen LogP contribution in [0.15, 0.2) is 42.5 Å². The predicted molar refractivity (Wildman–Crippen MR) is 116 cm³/mol. The monoisotopic (exact) mass is 396 g/mol. The number of quaternary nitrogens is 1. The molecular formula is C23H27ClN3O+. The fourth-order valence-corrected chi connectivity index (χ4v) is 4.17. The number of ether oxygens (including phenoxy) is 1. The van der Waals surface area contributed by atoms with Crippen LogP contribution in [-0.2, 0) is 6.54 Å². The van der Waals surface area contributed by atoms with Gasteiger partial charge in [-0.2, -0.15) is 0 Å². The van der Waals surface area contributed by atoms with Crippen LogP contribution in [0.25, 0.3) is 10.9 Å². The van der Waals surface area contributed by atoms with Gasteiger partial charge in [-0.1, -0.05) is 29.8 Å². The van der Waals surface area contributed by atoms with Gasteiger partial charge < -0.3 is 14.5 Å². The first kappa shape index (κ1) is 19.0. The van der Waals surface area contributed by atoms with Gasteiger partial charge >= 0.3 is 0 Å². The number of pyridine rings is 1. The molecule has 1 fully saturated rings. The summed E-state index contributed by atoms with van der Waals surface area (Å²) in [6.07, 6.45) is 0. The quantitative estimate of drug-likeness (QED) is 0.685. The highest BCUT2D eigenvalue weighted by Gasteiger charge is 2.22. The van der Waals surface area contributed by atoms with Gasteiger partial charge in [0.05, 0.1) is 38.8 Å². The summed E-state index contributed by atoms with van der Waals surface area (Å²) in [7, 11) is 1.71. The fourth-order valence-electron chi connectivity index (χ4n) is 3.96. The zero-order valence-corrected chi connectivity index (χ0v) is 17.5. The van der Waals surface area contributed by atoms with Gasteiger partial charge in [-0.15, -0.1) is 0 Å². The standard InChI is InChI=1S/C23H26ClN3O/c1-16-7-8-18-13-19(23(24)25-22(18)17(16)2)15-26-9-11-27(12-10-26)20-5-4-6-21(14-20)28-3/h4-8,13-14H,9-12,15H2,1-3H3/p+1. The Kier molecular flexibility index (Phi) is 5.42. The maximum absolute atomic E-state index is 6.56. The zero-order chi connectivity index (χ0) is 19.7. The van der Waals surface area contributed by atoms with Crippen LogP contribution in [0.3, 0.4) is 0 Å². The Labute approximate surface area is 171 Å². The smallest absolute Gasteiger partial charge is 0.138 e. The number of nitrogens with one attached hydrogen (secondary N) is 1. The van der Waals surface area contributed by atoms with Crippen LogP contribution in [-0.4, -0.2) is 38.3 Å². The topological polar surface area (TPSA) is 29.8 Å². The molecule has 0 spiro atoms. The average molecular weight is 397 g/mol. The molecule has 1 aliphatic rings. The van der Waals surface area contributed by atoms with E-state index in [1.165, 1.54) is 22.2 Å². The average Bonchev–Trinajstić information content (AvgIpc) is 2.73. The Balaban J connectivity index is 1.46. The molecule has 28 heavy (non-hydrogen) atoms. The molecule has 146 valence electrons. The van der Waals surface area contributed by atoms with Crippen LogP contribution in [0.2, 0.25) is 5.15 Å². The number of nitrogens with zero attached hydrogens (tertiary/aromatic N) is 2. The van der Waals surface area contributed by atoms with Crippen LogP contribution in [0, 0.1) is 13.8 Å². The second kappa shape index (κ2) is 7.98. The molecule has 0 amide bonds. The van der Waals surface area contributed by atoms with E-state index >= 15 is 0 Å². The van der Waals surface area contributed by atoms with Gasteiger partial charge in [0.1, 0.15) is 17.4 Å². The summed E-state index contributed by atoms with van der Waals surface area (Å²) in [6, 6.07) is 14.8. The minimum Gasteiger partial charge on any atom is -0.497 e. The van der Waals surface area contributed by atoms with Gasteiger partial charge in [0.15, 0.2) is 0 Å². The molecule has 4 rings (SSSR count). The summed E-state index contributed by atoms with van der Waals surface area (Å²) in [5.74, 6) is 0.909. The van der Waals surface area contributed by atoms with Gasteiger partial charge in [0, 0.05) is 22.7 Å². The van der Waals surface area contributed by atoms with Gasteiger partial charge in [0.25, 0.3) is 0 Å². The summed E-state index contributed by atoms with van der Waals surface area (Å²) < 4.78 is 5.36. The SMILES string of the molecule is COc1cccc(N2CC[NH+](Cc3cc4ccc(C)c(C)c4nc3Cl)CC2)c1. The maximum atomic E-state index is 6.56. The molecule has 0 bridgehead atoms. The lowest BCUT2D eigenvalue weighted by atomic mass is 10.0. The first-order chi connectivity index (χ1) is 13.5. The number of piperazine rings is 1. The second-order valence-corrected chi connectivity index (χ2v) is 7.99. The molecule has 0 aliphatic carbocycles. The van der Waals surface area contributed by atoms with E-state index in [2.05, 4.69) is 55.1 Å². The summed E-state index contributed by atoms with van der Waals surface area (Å²) in [5.41, 5.74) is 5.86. The van der Waals surface area contributed by atoms with Gasteiger partial charge in [-0.25, -0.2) is 4.98 Å². The summed E-state index contributed by atoms with van der Waals surface area (Å²) in [6.45, 7) is 9.37. The molecule has 2 aromatic carbocycles. The molecule has 2 heterocycles. The Bertz CT molecular complexity index is 997. The molecule has 3 aromatic rings. The van der Waals surface area contributed by atoms with Crippen molar-refractivity contribution in [3.05, 3.63) is 64.3 Å². The molecule has 0 radical (unpaired) electrons. The Morgan fingerprint density at radius 2 is 1.89 bits per heavy atom. The lowest BCUT2D eigenvalue weighted by Gasteiger charge is -2.34. The lowest BCUT2D eigenvalue weighted by molar-refractivity contribution is -0.914. The van der Waals surface area contributed by atoms with Crippen LogP contribution in [0.1, 0.15) is 16.7 Å². The first-order valence-electron chi connectivity index (χ1n) is 9.83. The minimum atomic E-state index is 0.643. The van der Waals surface area contributed by atoms with E-state index in [0.717, 1.165) is 49.6 Å². The van der Waals surface area contributed by atoms with Gasteiger partial charge in [0.2, 0.25) is 0 Å². The number of methoxy groups -OCH3 is 1. The third-order valence-corrected chi connectivity index (χ3v) is 6.19. The van der Waals surface area contributed by atoms with Crippen molar-refractivity contribution in [2.75, 3.05) is 38.2 Å². The van der Waals surface area contributed by atoms with E-state index in [0.29, 0.717) is 5.15 Å². The summed E-state index contributed by atoms with van der Waals surface area (Å²) in [4.78, 5) is 8.69. The lowest BCUT2D eigenvalue weighted by Crippen LogP contribution is -3.13. The molecule has 0 atom stereocenters. The molecule has 0 unspecified atom stereocenters. The molecule has 1 aromatic heterocycles. The van der Waals surface area contributed by atoms with Crippen molar-refractivity contribution in [2.45, 2.75) is 20.4 Å². The third-order valence-electron chi connectivity index (χ3n) is 5.87. The largest absolute Gasteiger partial charge is 0.497 e. The molecule has 5 heteroatoms. The number of fused-ring (bicyclic) bond motifs is 1. The Morgan fingerprint density at radius 1 is 1.11 bits per heavy atom. The van der Waals surface area contributed by atoms with Crippen molar-refractivity contribution in [1.29, 1.82) is 0 Å². The molecular weight excluding hydrogens is 370 g/mol. The van der Waals surface area contributed by atoms with E-state index in [1.54, 1.807) is 12.0 Å². The van der Waals surface area contributed by atoms with Crippen molar-refractivity contribution in [2.24, 2.45) is 0 Å². The summed E-state index contributed by atoms with van der Waals surface area (Å²) >= 11 is 6.56. The molecule has 1 saturated heterocycles. The highest BCUT2D eigenvalue weighted by molar-refractivity contribution is 6.30. The molecule has 4 nitrogen and oxygen atoms in total. The highest BCUT2D eigenvalue weighted by atomic mass is 35.5. The number of aryl methyl sites for hydroxylation is 2. The van der Waals surface area contributed by atoms with Crippen LogP contribution >= 0.6 is 11.6 Å². The van der Waals surface area contributed by atoms with E-state index in [4.69, 9.17) is 21.3 Å². The number of hydrogen-bond donors (Lipinski definition) is 1. The zero-order valence-electron chi connectivity index (χ0n) is 16.8. The van der Waals surface area contributed by atoms with E-state index in [1.807, 2.05) is 6.07 Å². The van der Waals surface area contributed by atoms with Crippen LogP contribution in [0.4, 0.5) is 5.69 Å². The Morgan fingerprint density at radius 3 is 2.64 bits per heavy atom. The van der Waals surface area contributed by atoms with Crippen LogP contribution < -0.4 is 14.5 Å². The van der Waals surface area contributed by atoms with Crippen molar-refractivity contribution in [3.8, 4) is 5.75 Å². The number of halogens is 1. The van der Waals surface area contributed by atoms with Gasteiger partial charge in [-0.05, 0) is 43.2 Å². The number of aromatic nitrogens is 1. The predicted octanol–water partition coefficient (Wildman–Crippen LogP) is 3.42.